The molecule has 0 spiro atoms. The van der Waals surface area contributed by atoms with Gasteiger partial charge >= 0.3 is 0 Å². The first-order valence-electron chi connectivity index (χ1n) is 8.48. The van der Waals surface area contributed by atoms with Gasteiger partial charge in [-0.2, -0.15) is 0 Å². The molecule has 1 N–H and O–H groups in total. The summed E-state index contributed by atoms with van der Waals surface area (Å²) in [7, 11) is 1.96. The summed E-state index contributed by atoms with van der Waals surface area (Å²) in [5, 5.41) is 5.12. The maximum Gasteiger partial charge on any atom is 0.264 e. The standard InChI is InChI=1S/C17H25N3O2S.ClH/c1-18-11-13-5-2-8-19(12-13)16(21)14-6-3-9-20(14)17(22)15-7-4-10-23-15;/h4,7,10,13-14,18H,2-3,5-6,8-9,11-12H2,1H3;1H. The SMILES string of the molecule is CNCC1CCCN(C(=O)C2CCCN2C(=O)c2cccs2)C1.Cl. The van der Waals surface area contributed by atoms with Crippen LogP contribution in [0.25, 0.3) is 0 Å². The second kappa shape index (κ2) is 8.83. The second-order valence-electron chi connectivity index (χ2n) is 6.48. The van der Waals surface area contributed by atoms with E-state index in [4.69, 9.17) is 0 Å². The summed E-state index contributed by atoms with van der Waals surface area (Å²) >= 11 is 1.45. The molecule has 2 aliphatic rings. The molecule has 2 fully saturated rings. The maximum atomic E-state index is 12.9. The fourth-order valence-corrected chi connectivity index (χ4v) is 4.42. The van der Waals surface area contributed by atoms with Gasteiger partial charge in [-0.15, -0.1) is 23.7 Å². The van der Waals surface area contributed by atoms with Crippen molar-refractivity contribution in [3.8, 4) is 0 Å². The van der Waals surface area contributed by atoms with Crippen molar-refractivity contribution in [2.75, 3.05) is 33.2 Å². The molecule has 0 radical (unpaired) electrons. The van der Waals surface area contributed by atoms with Crippen LogP contribution < -0.4 is 5.32 Å². The minimum Gasteiger partial charge on any atom is -0.341 e. The van der Waals surface area contributed by atoms with Crippen molar-refractivity contribution in [1.29, 1.82) is 0 Å². The van der Waals surface area contributed by atoms with Gasteiger partial charge in [-0.1, -0.05) is 6.07 Å². The van der Waals surface area contributed by atoms with Crippen LogP contribution in [0.1, 0.15) is 35.4 Å². The highest BCUT2D eigenvalue weighted by Crippen LogP contribution is 2.25. The summed E-state index contributed by atoms with van der Waals surface area (Å²) in [5.74, 6) is 0.688. The molecule has 0 aromatic carbocycles. The molecule has 2 aliphatic heterocycles. The van der Waals surface area contributed by atoms with Gasteiger partial charge in [0, 0.05) is 19.6 Å². The van der Waals surface area contributed by atoms with Crippen molar-refractivity contribution in [3.05, 3.63) is 22.4 Å². The molecule has 2 saturated heterocycles. The zero-order valence-electron chi connectivity index (χ0n) is 14.1. The fourth-order valence-electron chi connectivity index (χ4n) is 3.74. The average Bonchev–Trinajstić information content (AvgIpc) is 3.25. The highest BCUT2D eigenvalue weighted by molar-refractivity contribution is 7.12. The first kappa shape index (κ1) is 19.2. The highest BCUT2D eigenvalue weighted by Gasteiger charge is 2.38. The van der Waals surface area contributed by atoms with Gasteiger partial charge in [0.25, 0.3) is 5.91 Å². The summed E-state index contributed by atoms with van der Waals surface area (Å²) < 4.78 is 0. The fraction of sp³-hybridized carbons (Fsp3) is 0.647. The Morgan fingerprint density at radius 3 is 2.79 bits per heavy atom. The summed E-state index contributed by atoms with van der Waals surface area (Å²) in [4.78, 5) is 30.1. The molecule has 7 heteroatoms. The Balaban J connectivity index is 0.00000208. The molecule has 3 heterocycles. The molecular formula is C17H26ClN3O2S. The van der Waals surface area contributed by atoms with E-state index in [2.05, 4.69) is 5.32 Å². The van der Waals surface area contributed by atoms with Crippen LogP contribution in [0.4, 0.5) is 0 Å². The molecule has 0 aliphatic carbocycles. The zero-order chi connectivity index (χ0) is 16.2. The molecular weight excluding hydrogens is 346 g/mol. The van der Waals surface area contributed by atoms with Crippen molar-refractivity contribution >= 4 is 35.6 Å². The van der Waals surface area contributed by atoms with E-state index in [0.717, 1.165) is 43.8 Å². The van der Waals surface area contributed by atoms with Gasteiger partial charge in [0.1, 0.15) is 6.04 Å². The van der Waals surface area contributed by atoms with E-state index in [1.165, 1.54) is 17.8 Å². The van der Waals surface area contributed by atoms with Crippen LogP contribution in [-0.2, 0) is 4.79 Å². The van der Waals surface area contributed by atoms with E-state index in [-0.39, 0.29) is 30.3 Å². The second-order valence-corrected chi connectivity index (χ2v) is 7.43. The van der Waals surface area contributed by atoms with Gasteiger partial charge < -0.3 is 15.1 Å². The molecule has 1 aromatic heterocycles. The number of halogens is 1. The van der Waals surface area contributed by atoms with E-state index < -0.39 is 0 Å². The Morgan fingerprint density at radius 1 is 1.29 bits per heavy atom. The number of amides is 2. The molecule has 5 nitrogen and oxygen atoms in total. The van der Waals surface area contributed by atoms with Gasteiger partial charge in [-0.05, 0) is 56.6 Å². The van der Waals surface area contributed by atoms with Crippen LogP contribution in [0, 0.1) is 5.92 Å². The third-order valence-corrected chi connectivity index (χ3v) is 5.71. The molecule has 2 unspecified atom stereocenters. The topological polar surface area (TPSA) is 52.7 Å². The zero-order valence-corrected chi connectivity index (χ0v) is 15.7. The number of rotatable bonds is 4. The van der Waals surface area contributed by atoms with Crippen LogP contribution in [0.15, 0.2) is 17.5 Å². The Bertz CT molecular complexity index is 550. The van der Waals surface area contributed by atoms with E-state index in [1.807, 2.05) is 29.5 Å². The molecule has 24 heavy (non-hydrogen) atoms. The molecule has 3 rings (SSSR count). The Kier molecular flexibility index (Phi) is 7.07. The number of carbonyl (C=O) groups is 2. The molecule has 0 bridgehead atoms. The van der Waals surface area contributed by atoms with Gasteiger partial charge in [-0.25, -0.2) is 0 Å². The van der Waals surface area contributed by atoms with E-state index >= 15 is 0 Å². The average molecular weight is 372 g/mol. The molecule has 2 amide bonds. The van der Waals surface area contributed by atoms with Gasteiger partial charge in [0.15, 0.2) is 0 Å². The highest BCUT2D eigenvalue weighted by atomic mass is 35.5. The van der Waals surface area contributed by atoms with Gasteiger partial charge in [0.2, 0.25) is 5.91 Å². The van der Waals surface area contributed by atoms with E-state index in [9.17, 15) is 9.59 Å². The van der Waals surface area contributed by atoms with Gasteiger partial charge in [0.05, 0.1) is 4.88 Å². The summed E-state index contributed by atoms with van der Waals surface area (Å²) in [6, 6.07) is 3.46. The first-order valence-corrected chi connectivity index (χ1v) is 9.36. The number of piperidine rings is 1. The largest absolute Gasteiger partial charge is 0.341 e. The molecule has 2 atom stereocenters. The number of nitrogens with zero attached hydrogens (tertiary/aromatic N) is 2. The smallest absolute Gasteiger partial charge is 0.264 e. The third kappa shape index (κ3) is 4.10. The first-order chi connectivity index (χ1) is 11.2. The van der Waals surface area contributed by atoms with Crippen LogP contribution in [0.5, 0.6) is 0 Å². The molecule has 134 valence electrons. The van der Waals surface area contributed by atoms with Crippen LogP contribution in [-0.4, -0.2) is 60.9 Å². The predicted octanol–water partition coefficient (Wildman–Crippen LogP) is 2.23. The number of thiophene rings is 1. The van der Waals surface area contributed by atoms with Crippen LogP contribution >= 0.6 is 23.7 Å². The van der Waals surface area contributed by atoms with E-state index in [1.54, 1.807) is 4.90 Å². The quantitative estimate of drug-likeness (QED) is 0.883. The minimum atomic E-state index is -0.266. The molecule has 0 saturated carbocycles. The lowest BCUT2D eigenvalue weighted by atomic mass is 9.97. The maximum absolute atomic E-state index is 12.9. The van der Waals surface area contributed by atoms with Crippen LogP contribution in [0.2, 0.25) is 0 Å². The Labute approximate surface area is 153 Å². The predicted molar refractivity (Wildman–Crippen MR) is 98.9 cm³/mol. The number of nitrogens with one attached hydrogen (secondary N) is 1. The summed E-state index contributed by atoms with van der Waals surface area (Å²) in [6.45, 7) is 3.29. The molecule has 1 aromatic rings. The van der Waals surface area contributed by atoms with E-state index in [0.29, 0.717) is 12.5 Å². The number of likely N-dealkylation sites (tertiary alicyclic amines) is 2. The number of carbonyl (C=O) groups excluding carboxylic acids is 2. The van der Waals surface area contributed by atoms with Gasteiger partial charge in [-0.3, -0.25) is 9.59 Å². The Hall–Kier alpha value is -1.11. The minimum absolute atomic E-state index is 0. The lowest BCUT2D eigenvalue weighted by Crippen LogP contribution is -2.51. The normalized spacial score (nSPS) is 23.9. The summed E-state index contributed by atoms with van der Waals surface area (Å²) in [6.07, 6.45) is 3.95. The van der Waals surface area contributed by atoms with Crippen LogP contribution in [0.3, 0.4) is 0 Å². The Morgan fingerprint density at radius 2 is 2.08 bits per heavy atom. The van der Waals surface area contributed by atoms with Crippen molar-refractivity contribution in [3.63, 3.8) is 0 Å². The lowest BCUT2D eigenvalue weighted by molar-refractivity contribution is -0.137. The number of hydrogen-bond acceptors (Lipinski definition) is 4. The van der Waals surface area contributed by atoms with Crippen molar-refractivity contribution in [1.82, 2.24) is 15.1 Å². The van der Waals surface area contributed by atoms with Crippen molar-refractivity contribution in [2.24, 2.45) is 5.92 Å². The lowest BCUT2D eigenvalue weighted by Gasteiger charge is -2.36. The number of hydrogen-bond donors (Lipinski definition) is 1. The van der Waals surface area contributed by atoms with Crippen molar-refractivity contribution < 1.29 is 9.59 Å². The third-order valence-electron chi connectivity index (χ3n) is 4.85. The summed E-state index contributed by atoms with van der Waals surface area (Å²) in [5.41, 5.74) is 0. The monoisotopic (exact) mass is 371 g/mol. The van der Waals surface area contributed by atoms with Crippen molar-refractivity contribution in [2.45, 2.75) is 31.7 Å².